The third-order valence-electron chi connectivity index (χ3n) is 4.57. The molecular formula is C20H44O11P2. The topological polar surface area (TPSA) is 150 Å². The third kappa shape index (κ3) is 15.0. The van der Waals surface area contributed by atoms with E-state index in [9.17, 15) is 24.0 Å². The van der Waals surface area contributed by atoms with Crippen molar-refractivity contribution in [2.24, 2.45) is 5.92 Å². The maximum absolute atomic E-state index is 11.7. The Morgan fingerprint density at radius 2 is 0.970 bits per heavy atom. The molecule has 0 aromatic heterocycles. The molecule has 0 aromatic rings. The molecule has 0 aliphatic heterocycles. The van der Waals surface area contributed by atoms with Crippen molar-refractivity contribution in [3.8, 4) is 0 Å². The molecule has 0 bridgehead atoms. The summed E-state index contributed by atoms with van der Waals surface area (Å²) in [7, 11) is -6.12. The molecule has 0 saturated carbocycles. The normalized spacial score (nSPS) is 18.6. The molecule has 0 aromatic carbocycles. The van der Waals surface area contributed by atoms with Crippen molar-refractivity contribution >= 4 is 15.6 Å². The predicted molar refractivity (Wildman–Crippen MR) is 124 cm³/mol. The van der Waals surface area contributed by atoms with Gasteiger partial charge in [0.15, 0.2) is 0 Å². The SMILES string of the molecule is COP(=O)(O)OC(C)(C)CC(C)(C)OCC(CO)COC(C)(C)CC(C)(C)OP(=O)(O)OC. The Bertz CT molecular complexity index is 635. The average molecular weight is 523 g/mol. The van der Waals surface area contributed by atoms with E-state index in [-0.39, 0.29) is 38.6 Å². The zero-order chi connectivity index (χ0) is 26.4. The summed E-state index contributed by atoms with van der Waals surface area (Å²) < 4.78 is 54.8. The summed E-state index contributed by atoms with van der Waals surface area (Å²) in [6, 6.07) is 0. The molecule has 3 N–H and O–H groups in total. The zero-order valence-electron chi connectivity index (χ0n) is 21.6. The molecule has 13 heteroatoms. The summed E-state index contributed by atoms with van der Waals surface area (Å²) in [6.07, 6.45) is 0.565. The van der Waals surface area contributed by atoms with E-state index in [2.05, 4.69) is 9.05 Å². The Labute approximate surface area is 198 Å². The molecule has 0 aliphatic carbocycles. The van der Waals surface area contributed by atoms with Gasteiger partial charge in [0.2, 0.25) is 0 Å². The van der Waals surface area contributed by atoms with Crippen LogP contribution in [0.2, 0.25) is 0 Å². The van der Waals surface area contributed by atoms with Gasteiger partial charge in [-0.2, -0.15) is 0 Å². The first-order valence-electron chi connectivity index (χ1n) is 10.7. The monoisotopic (exact) mass is 522 g/mol. The number of phosphoric acid groups is 2. The van der Waals surface area contributed by atoms with Gasteiger partial charge in [0.25, 0.3) is 0 Å². The summed E-state index contributed by atoms with van der Waals surface area (Å²) in [6.45, 7) is 14.1. The molecule has 0 heterocycles. The van der Waals surface area contributed by atoms with Crippen LogP contribution in [0, 0.1) is 5.92 Å². The van der Waals surface area contributed by atoms with Crippen molar-refractivity contribution in [3.63, 3.8) is 0 Å². The summed E-state index contributed by atoms with van der Waals surface area (Å²) >= 11 is 0. The maximum atomic E-state index is 11.7. The number of rotatable bonds is 17. The lowest BCUT2D eigenvalue weighted by Gasteiger charge is -2.37. The molecule has 2 unspecified atom stereocenters. The molecule has 0 rings (SSSR count). The molecular weight excluding hydrogens is 478 g/mol. The summed E-state index contributed by atoms with van der Waals surface area (Å²) in [5.41, 5.74) is -3.48. The molecule has 0 fully saturated rings. The van der Waals surface area contributed by atoms with E-state index >= 15 is 0 Å². The Morgan fingerprint density at radius 1 is 0.667 bits per heavy atom. The van der Waals surface area contributed by atoms with E-state index in [1.807, 2.05) is 27.7 Å². The van der Waals surface area contributed by atoms with Crippen LogP contribution < -0.4 is 0 Å². The molecule has 11 nitrogen and oxygen atoms in total. The van der Waals surface area contributed by atoms with Gasteiger partial charge in [0, 0.05) is 33.0 Å². The van der Waals surface area contributed by atoms with Crippen LogP contribution in [0.4, 0.5) is 0 Å². The highest BCUT2D eigenvalue weighted by molar-refractivity contribution is 7.47. The zero-order valence-corrected chi connectivity index (χ0v) is 23.4. The first-order chi connectivity index (χ1) is 14.6. The first kappa shape index (κ1) is 33.1. The Morgan fingerprint density at radius 3 is 1.21 bits per heavy atom. The molecule has 0 saturated heterocycles. The smallest absolute Gasteiger partial charge is 0.396 e. The minimum absolute atomic E-state index is 0.173. The number of phosphoric ester groups is 2. The molecule has 0 spiro atoms. The highest BCUT2D eigenvalue weighted by Gasteiger charge is 2.38. The summed E-state index contributed by atoms with van der Waals surface area (Å²) in [4.78, 5) is 19.2. The van der Waals surface area contributed by atoms with Crippen LogP contribution in [0.5, 0.6) is 0 Å². The summed E-state index contributed by atoms with van der Waals surface area (Å²) in [5, 5.41) is 9.77. The van der Waals surface area contributed by atoms with E-state index < -0.39 is 38.0 Å². The lowest BCUT2D eigenvalue weighted by atomic mass is 9.92. The number of aliphatic hydroxyl groups is 1. The van der Waals surface area contributed by atoms with Crippen molar-refractivity contribution < 1.29 is 51.6 Å². The van der Waals surface area contributed by atoms with Crippen molar-refractivity contribution in [2.45, 2.75) is 90.6 Å². The van der Waals surface area contributed by atoms with E-state index in [0.29, 0.717) is 0 Å². The van der Waals surface area contributed by atoms with Gasteiger partial charge in [0.1, 0.15) is 0 Å². The minimum atomic E-state index is -4.15. The van der Waals surface area contributed by atoms with Crippen LogP contribution >= 0.6 is 15.6 Å². The predicted octanol–water partition coefficient (Wildman–Crippen LogP) is 4.05. The van der Waals surface area contributed by atoms with Crippen LogP contribution in [0.1, 0.15) is 68.2 Å². The van der Waals surface area contributed by atoms with Gasteiger partial charge < -0.3 is 24.4 Å². The average Bonchev–Trinajstić information content (AvgIpc) is 2.57. The van der Waals surface area contributed by atoms with Gasteiger partial charge in [-0.05, 0) is 55.4 Å². The molecule has 0 amide bonds. The van der Waals surface area contributed by atoms with Crippen LogP contribution in [0.25, 0.3) is 0 Å². The Hall–Kier alpha value is 0.1000. The van der Waals surface area contributed by atoms with Crippen LogP contribution in [-0.2, 0) is 36.7 Å². The van der Waals surface area contributed by atoms with Gasteiger partial charge in [-0.25, -0.2) is 9.13 Å². The van der Waals surface area contributed by atoms with E-state index in [0.717, 1.165) is 14.2 Å². The fourth-order valence-electron chi connectivity index (χ4n) is 3.76. The van der Waals surface area contributed by atoms with Crippen molar-refractivity contribution in [1.82, 2.24) is 0 Å². The van der Waals surface area contributed by atoms with Gasteiger partial charge in [-0.1, -0.05) is 0 Å². The van der Waals surface area contributed by atoms with Crippen LogP contribution in [-0.4, -0.2) is 71.3 Å². The van der Waals surface area contributed by atoms with Crippen molar-refractivity contribution in [2.75, 3.05) is 34.0 Å². The standard InChI is InChI=1S/C20H44O11P2/c1-17(2,14-19(5,6)30-32(22,23)26-9)28-12-16(11-21)13-29-18(3,4)15-20(7,8)31-33(24,25)27-10/h16,21H,11-15H2,1-10H3,(H,22,23)(H,24,25). The highest BCUT2D eigenvalue weighted by atomic mass is 31.2. The Balaban J connectivity index is 4.87. The first-order valence-corrected chi connectivity index (χ1v) is 13.7. The lowest BCUT2D eigenvalue weighted by Crippen LogP contribution is -2.40. The van der Waals surface area contributed by atoms with E-state index in [4.69, 9.17) is 18.5 Å². The molecule has 0 radical (unpaired) electrons. The second-order valence-corrected chi connectivity index (χ2v) is 13.5. The molecule has 33 heavy (non-hydrogen) atoms. The number of hydrogen-bond acceptors (Lipinski definition) is 9. The van der Waals surface area contributed by atoms with Gasteiger partial charge in [0.05, 0.1) is 42.2 Å². The van der Waals surface area contributed by atoms with Crippen molar-refractivity contribution in [3.05, 3.63) is 0 Å². The number of aliphatic hydroxyl groups excluding tert-OH is 1. The second-order valence-electron chi connectivity index (χ2n) is 10.5. The van der Waals surface area contributed by atoms with Crippen molar-refractivity contribution in [1.29, 1.82) is 0 Å². The Kier molecular flexibility index (Phi) is 12.4. The quantitative estimate of drug-likeness (QED) is 0.237. The van der Waals surface area contributed by atoms with E-state index in [1.165, 1.54) is 0 Å². The fourth-order valence-corrected chi connectivity index (χ4v) is 5.28. The van der Waals surface area contributed by atoms with Crippen LogP contribution in [0.3, 0.4) is 0 Å². The fraction of sp³-hybridized carbons (Fsp3) is 1.00. The van der Waals surface area contributed by atoms with Crippen LogP contribution in [0.15, 0.2) is 0 Å². The number of hydrogen-bond donors (Lipinski definition) is 3. The second kappa shape index (κ2) is 12.4. The third-order valence-corrected chi connectivity index (χ3v) is 6.94. The highest BCUT2D eigenvalue weighted by Crippen LogP contribution is 2.49. The number of ether oxygens (including phenoxy) is 2. The van der Waals surface area contributed by atoms with Gasteiger partial charge >= 0.3 is 15.6 Å². The molecule has 200 valence electrons. The molecule has 2 atom stereocenters. The van der Waals surface area contributed by atoms with E-state index in [1.54, 1.807) is 27.7 Å². The van der Waals surface area contributed by atoms with Gasteiger partial charge in [-0.15, -0.1) is 0 Å². The lowest BCUT2D eigenvalue weighted by molar-refractivity contribution is -0.117. The summed E-state index contributed by atoms with van der Waals surface area (Å²) in [5.74, 6) is -0.345. The van der Waals surface area contributed by atoms with Gasteiger partial charge in [-0.3, -0.25) is 18.1 Å². The maximum Gasteiger partial charge on any atom is 0.472 e. The largest absolute Gasteiger partial charge is 0.472 e. The minimum Gasteiger partial charge on any atom is -0.396 e. The molecule has 0 aliphatic rings.